The molecule has 0 spiro atoms. The molecule has 0 saturated carbocycles. The van der Waals surface area contributed by atoms with E-state index in [1.54, 1.807) is 31.8 Å². The molecule has 0 aliphatic rings. The highest BCUT2D eigenvalue weighted by Crippen LogP contribution is 2.37. The maximum atomic E-state index is 5.45. The van der Waals surface area contributed by atoms with Gasteiger partial charge in [-0.3, -0.25) is 0 Å². The van der Waals surface area contributed by atoms with Gasteiger partial charge in [-0.2, -0.15) is 0 Å². The molecular formula is C22H20N4O2S. The Hall–Kier alpha value is -3.16. The Morgan fingerprint density at radius 2 is 2.07 bits per heavy atom. The van der Waals surface area contributed by atoms with Gasteiger partial charge in [0.25, 0.3) is 0 Å². The van der Waals surface area contributed by atoms with E-state index in [9.17, 15) is 0 Å². The van der Waals surface area contributed by atoms with Gasteiger partial charge < -0.3 is 19.0 Å². The third kappa shape index (κ3) is 3.08. The van der Waals surface area contributed by atoms with Crippen molar-refractivity contribution in [3.8, 4) is 27.6 Å². The molecule has 146 valence electrons. The number of aromatic nitrogens is 4. The quantitative estimate of drug-likeness (QED) is 0.434. The number of hydrogen-bond donors (Lipinski definition) is 1. The predicted molar refractivity (Wildman–Crippen MR) is 117 cm³/mol. The van der Waals surface area contributed by atoms with Crippen molar-refractivity contribution in [3.05, 3.63) is 54.3 Å². The molecule has 0 saturated heterocycles. The molecule has 4 aromatic heterocycles. The van der Waals surface area contributed by atoms with Gasteiger partial charge in [0.05, 0.1) is 19.4 Å². The number of aromatic amines is 1. The predicted octanol–water partition coefficient (Wildman–Crippen LogP) is 4.96. The van der Waals surface area contributed by atoms with E-state index in [-0.39, 0.29) is 0 Å². The average molecular weight is 404 g/mol. The standard InChI is InChI=1S/C22H20N4O2S/c1-27-9-8-26-12-18(16-10-14(28-2)5-6-20(16)26)22-25-19(13-29-22)17-11-24-21-15(17)4-3-7-23-21/h3-7,10-13H,8-9H2,1-2H3,(H,23,24). The smallest absolute Gasteiger partial charge is 0.137 e. The summed E-state index contributed by atoms with van der Waals surface area (Å²) in [7, 11) is 3.41. The SMILES string of the molecule is COCCn1cc(-c2nc(-c3c[nH]c4ncccc34)cs2)c2cc(OC)ccc21. The summed E-state index contributed by atoms with van der Waals surface area (Å²) in [5.41, 5.74) is 5.13. The minimum absolute atomic E-state index is 0.653. The molecule has 6 nitrogen and oxygen atoms in total. The van der Waals surface area contributed by atoms with Gasteiger partial charge in [-0.25, -0.2) is 9.97 Å². The summed E-state index contributed by atoms with van der Waals surface area (Å²) >= 11 is 1.64. The van der Waals surface area contributed by atoms with Gasteiger partial charge in [0.1, 0.15) is 16.4 Å². The molecule has 5 aromatic rings. The van der Waals surface area contributed by atoms with Crippen molar-refractivity contribution in [3.63, 3.8) is 0 Å². The Morgan fingerprint density at radius 1 is 1.14 bits per heavy atom. The normalized spacial score (nSPS) is 11.5. The van der Waals surface area contributed by atoms with Crippen LogP contribution in [0.3, 0.4) is 0 Å². The third-order valence-electron chi connectivity index (χ3n) is 5.09. The highest BCUT2D eigenvalue weighted by Gasteiger charge is 2.16. The van der Waals surface area contributed by atoms with Crippen LogP contribution in [0.15, 0.2) is 54.3 Å². The van der Waals surface area contributed by atoms with Crippen molar-refractivity contribution < 1.29 is 9.47 Å². The summed E-state index contributed by atoms with van der Waals surface area (Å²) in [4.78, 5) is 12.6. The second kappa shape index (κ2) is 7.35. The molecular weight excluding hydrogens is 384 g/mol. The van der Waals surface area contributed by atoms with Crippen LogP contribution < -0.4 is 4.74 Å². The zero-order valence-corrected chi connectivity index (χ0v) is 17.0. The number of rotatable bonds is 6. The second-order valence-electron chi connectivity index (χ2n) is 6.75. The first kappa shape index (κ1) is 17.9. The van der Waals surface area contributed by atoms with E-state index in [4.69, 9.17) is 14.5 Å². The number of H-pyrrole nitrogens is 1. The van der Waals surface area contributed by atoms with Crippen LogP contribution in [0.2, 0.25) is 0 Å². The summed E-state index contributed by atoms with van der Waals surface area (Å²) in [5.74, 6) is 0.836. The van der Waals surface area contributed by atoms with Crippen molar-refractivity contribution in [1.29, 1.82) is 0 Å². The molecule has 0 fully saturated rings. The fourth-order valence-electron chi connectivity index (χ4n) is 3.64. The third-order valence-corrected chi connectivity index (χ3v) is 5.96. The topological polar surface area (TPSA) is 65.0 Å². The van der Waals surface area contributed by atoms with E-state index < -0.39 is 0 Å². The Balaban J connectivity index is 1.62. The highest BCUT2D eigenvalue weighted by molar-refractivity contribution is 7.13. The van der Waals surface area contributed by atoms with Gasteiger partial charge in [0.2, 0.25) is 0 Å². The molecule has 0 aliphatic carbocycles. The number of pyridine rings is 1. The lowest BCUT2D eigenvalue weighted by molar-refractivity contribution is 0.188. The van der Waals surface area contributed by atoms with Crippen molar-refractivity contribution in [2.75, 3.05) is 20.8 Å². The van der Waals surface area contributed by atoms with Gasteiger partial charge in [-0.1, -0.05) is 0 Å². The van der Waals surface area contributed by atoms with Gasteiger partial charge in [0, 0.05) is 65.0 Å². The number of ether oxygens (including phenoxy) is 2. The minimum Gasteiger partial charge on any atom is -0.497 e. The Labute approximate surface area is 171 Å². The lowest BCUT2D eigenvalue weighted by Crippen LogP contribution is -2.02. The monoisotopic (exact) mass is 404 g/mol. The summed E-state index contributed by atoms with van der Waals surface area (Å²) in [5, 5.41) is 5.28. The number of benzene rings is 1. The molecule has 0 unspecified atom stereocenters. The lowest BCUT2D eigenvalue weighted by Gasteiger charge is -2.05. The van der Waals surface area contributed by atoms with Crippen molar-refractivity contribution in [2.24, 2.45) is 0 Å². The fourth-order valence-corrected chi connectivity index (χ4v) is 4.48. The molecule has 1 N–H and O–H groups in total. The number of methoxy groups -OCH3 is 2. The summed E-state index contributed by atoms with van der Waals surface area (Å²) in [6.45, 7) is 1.44. The minimum atomic E-state index is 0.653. The van der Waals surface area contributed by atoms with Gasteiger partial charge in [0.15, 0.2) is 0 Å². The zero-order valence-electron chi connectivity index (χ0n) is 16.2. The zero-order chi connectivity index (χ0) is 19.8. The Kier molecular flexibility index (Phi) is 4.54. The molecule has 1 aromatic carbocycles. The van der Waals surface area contributed by atoms with E-state index in [2.05, 4.69) is 44.3 Å². The second-order valence-corrected chi connectivity index (χ2v) is 7.61. The summed E-state index contributed by atoms with van der Waals surface area (Å²) < 4.78 is 12.9. The molecule has 0 radical (unpaired) electrons. The van der Waals surface area contributed by atoms with Crippen LogP contribution in [0.5, 0.6) is 5.75 Å². The molecule has 5 rings (SSSR count). The number of fused-ring (bicyclic) bond motifs is 2. The van der Waals surface area contributed by atoms with Crippen molar-refractivity contribution in [2.45, 2.75) is 6.54 Å². The van der Waals surface area contributed by atoms with Crippen LogP contribution in [0.25, 0.3) is 43.8 Å². The summed E-state index contributed by atoms with van der Waals surface area (Å²) in [6, 6.07) is 10.2. The van der Waals surface area contributed by atoms with E-state index in [1.807, 2.05) is 18.3 Å². The molecule has 0 amide bonds. The molecule has 0 atom stereocenters. The van der Waals surface area contributed by atoms with Crippen LogP contribution in [-0.2, 0) is 11.3 Å². The van der Waals surface area contributed by atoms with E-state index in [0.29, 0.717) is 6.61 Å². The van der Waals surface area contributed by atoms with Crippen molar-refractivity contribution in [1.82, 2.24) is 19.5 Å². The molecule has 7 heteroatoms. The van der Waals surface area contributed by atoms with Gasteiger partial charge in [-0.05, 0) is 30.3 Å². The maximum Gasteiger partial charge on any atom is 0.137 e. The van der Waals surface area contributed by atoms with E-state index in [1.165, 1.54) is 0 Å². The Bertz CT molecular complexity index is 1300. The number of nitrogens with one attached hydrogen (secondary N) is 1. The van der Waals surface area contributed by atoms with Crippen LogP contribution >= 0.6 is 11.3 Å². The highest BCUT2D eigenvalue weighted by atomic mass is 32.1. The van der Waals surface area contributed by atoms with Gasteiger partial charge >= 0.3 is 0 Å². The van der Waals surface area contributed by atoms with Crippen LogP contribution in [0, 0.1) is 0 Å². The molecule has 4 heterocycles. The van der Waals surface area contributed by atoms with Crippen molar-refractivity contribution >= 4 is 33.3 Å². The maximum absolute atomic E-state index is 5.45. The number of nitrogens with zero attached hydrogens (tertiary/aromatic N) is 3. The van der Waals surface area contributed by atoms with E-state index >= 15 is 0 Å². The lowest BCUT2D eigenvalue weighted by atomic mass is 10.1. The number of hydrogen-bond acceptors (Lipinski definition) is 5. The largest absolute Gasteiger partial charge is 0.497 e. The average Bonchev–Trinajstić information content (AvgIpc) is 3.48. The summed E-state index contributed by atoms with van der Waals surface area (Å²) in [6.07, 6.45) is 5.92. The first-order valence-corrected chi connectivity index (χ1v) is 10.2. The fraction of sp³-hybridized carbons (Fsp3) is 0.182. The molecule has 0 bridgehead atoms. The Morgan fingerprint density at radius 3 is 2.93 bits per heavy atom. The van der Waals surface area contributed by atoms with E-state index in [0.717, 1.165) is 56.1 Å². The number of thiazole rings is 1. The first-order valence-electron chi connectivity index (χ1n) is 9.32. The van der Waals surface area contributed by atoms with Crippen LogP contribution in [0.1, 0.15) is 0 Å². The molecule has 29 heavy (non-hydrogen) atoms. The first-order chi connectivity index (χ1) is 14.3. The molecule has 0 aliphatic heterocycles. The van der Waals surface area contributed by atoms with Crippen LogP contribution in [0.4, 0.5) is 0 Å². The van der Waals surface area contributed by atoms with Gasteiger partial charge in [-0.15, -0.1) is 11.3 Å². The van der Waals surface area contributed by atoms with Crippen LogP contribution in [-0.4, -0.2) is 40.3 Å².